The molecule has 0 fully saturated rings. The maximum Gasteiger partial charge on any atom is 0.0139 e. The van der Waals surface area contributed by atoms with Gasteiger partial charge >= 0.3 is 0 Å². The zero-order valence-corrected chi connectivity index (χ0v) is 27.6. The molecule has 0 spiro atoms. The van der Waals surface area contributed by atoms with Crippen molar-refractivity contribution >= 4 is 12.2 Å². The van der Waals surface area contributed by atoms with Gasteiger partial charge in [0.25, 0.3) is 0 Å². The Bertz CT molecular complexity index is 1580. The lowest BCUT2D eigenvalue weighted by Crippen LogP contribution is -2.30. The first-order valence-electron chi connectivity index (χ1n) is 16.4. The van der Waals surface area contributed by atoms with Gasteiger partial charge in [-0.3, -0.25) is 0 Å². The molecule has 0 aromatic heterocycles. The second-order valence-corrected chi connectivity index (χ2v) is 14.3. The molecule has 43 heavy (non-hydrogen) atoms. The van der Waals surface area contributed by atoms with Crippen LogP contribution in [0.1, 0.15) is 85.0 Å². The van der Waals surface area contributed by atoms with Gasteiger partial charge in [0.05, 0.1) is 0 Å². The average molecular weight is 565 g/mol. The molecule has 0 radical (unpaired) electrons. The van der Waals surface area contributed by atoms with Crippen molar-refractivity contribution in [3.8, 4) is 22.3 Å². The van der Waals surface area contributed by atoms with Crippen molar-refractivity contribution in [3.63, 3.8) is 0 Å². The zero-order chi connectivity index (χ0) is 30.5. The van der Waals surface area contributed by atoms with Crippen LogP contribution in [0.5, 0.6) is 0 Å². The highest BCUT2D eigenvalue weighted by atomic mass is 14.5. The summed E-state index contributed by atoms with van der Waals surface area (Å²) in [7, 11) is 0. The standard InChI is InChI=1S/C43H48/c1-27(2)25-43(26-28(3)4,35-21-33-17-11-19-37(39(33)23-35)41-29(5)13-9-14-30(41)6)36-22-34-18-12-20-38(40(34)24-36)42-31(7)15-10-16-32(42)8/h9-20,23-24,27-28H,21-22,25-26H2,1-8H3. The highest BCUT2D eigenvalue weighted by Crippen LogP contribution is 2.55. The first-order chi connectivity index (χ1) is 20.6. The number of fused-ring (bicyclic) bond motifs is 2. The van der Waals surface area contributed by atoms with Crippen molar-refractivity contribution < 1.29 is 0 Å². The Labute approximate surface area is 260 Å². The third-order valence-electron chi connectivity index (χ3n) is 10.0. The minimum Gasteiger partial charge on any atom is -0.0627 e. The van der Waals surface area contributed by atoms with Crippen molar-refractivity contribution in [2.24, 2.45) is 17.3 Å². The minimum atomic E-state index is 0.0382. The Balaban J connectivity index is 1.53. The van der Waals surface area contributed by atoms with Gasteiger partial charge < -0.3 is 0 Å². The van der Waals surface area contributed by atoms with Gasteiger partial charge in [0.15, 0.2) is 0 Å². The molecule has 2 aliphatic carbocycles. The van der Waals surface area contributed by atoms with E-state index >= 15 is 0 Å². The van der Waals surface area contributed by atoms with E-state index in [1.54, 1.807) is 11.1 Å². The molecule has 4 aromatic carbocycles. The topological polar surface area (TPSA) is 0 Å². The van der Waals surface area contributed by atoms with Crippen LogP contribution in [0, 0.1) is 44.9 Å². The van der Waals surface area contributed by atoms with Gasteiger partial charge in [-0.05, 0) is 132 Å². The fourth-order valence-corrected chi connectivity index (χ4v) is 8.47. The number of rotatable bonds is 8. The molecule has 4 aromatic rings. The minimum absolute atomic E-state index is 0.0382. The van der Waals surface area contributed by atoms with Crippen LogP contribution in [-0.2, 0) is 12.8 Å². The van der Waals surface area contributed by atoms with E-state index in [0.717, 1.165) is 12.8 Å². The van der Waals surface area contributed by atoms with E-state index in [1.165, 1.54) is 79.6 Å². The van der Waals surface area contributed by atoms with E-state index < -0.39 is 0 Å². The smallest absolute Gasteiger partial charge is 0.0139 e. The van der Waals surface area contributed by atoms with Crippen molar-refractivity contribution in [1.29, 1.82) is 0 Å². The quantitative estimate of drug-likeness (QED) is 0.200. The fraction of sp³-hybridized carbons (Fsp3) is 0.349. The van der Waals surface area contributed by atoms with Crippen LogP contribution in [0.4, 0.5) is 0 Å². The van der Waals surface area contributed by atoms with Crippen LogP contribution in [0.3, 0.4) is 0 Å². The molecular weight excluding hydrogens is 516 g/mol. The molecule has 0 amide bonds. The first-order valence-corrected chi connectivity index (χ1v) is 16.4. The van der Waals surface area contributed by atoms with Crippen LogP contribution in [0.2, 0.25) is 0 Å². The van der Waals surface area contributed by atoms with E-state index in [1.807, 2.05) is 0 Å². The lowest BCUT2D eigenvalue weighted by molar-refractivity contribution is 0.273. The van der Waals surface area contributed by atoms with Gasteiger partial charge in [0.2, 0.25) is 0 Å². The molecule has 0 bridgehead atoms. The van der Waals surface area contributed by atoms with Crippen LogP contribution in [-0.4, -0.2) is 0 Å². The largest absolute Gasteiger partial charge is 0.0627 e. The monoisotopic (exact) mass is 564 g/mol. The van der Waals surface area contributed by atoms with Crippen molar-refractivity contribution in [3.05, 3.63) is 128 Å². The normalized spacial score (nSPS) is 14.3. The number of benzene rings is 4. The second kappa shape index (κ2) is 11.5. The summed E-state index contributed by atoms with van der Waals surface area (Å²) in [6, 6.07) is 27.4. The summed E-state index contributed by atoms with van der Waals surface area (Å²) in [6.07, 6.45) is 9.70. The maximum absolute atomic E-state index is 2.62. The molecule has 0 aliphatic heterocycles. The molecule has 0 nitrogen and oxygen atoms in total. The molecule has 0 unspecified atom stereocenters. The van der Waals surface area contributed by atoms with E-state index in [4.69, 9.17) is 0 Å². The molecule has 0 N–H and O–H groups in total. The summed E-state index contributed by atoms with van der Waals surface area (Å²) in [4.78, 5) is 0. The Morgan fingerprint density at radius 3 is 1.21 bits per heavy atom. The molecular formula is C43H48. The molecule has 0 saturated heterocycles. The lowest BCUT2D eigenvalue weighted by Gasteiger charge is -2.40. The highest BCUT2D eigenvalue weighted by Gasteiger charge is 2.42. The van der Waals surface area contributed by atoms with Crippen LogP contribution >= 0.6 is 0 Å². The van der Waals surface area contributed by atoms with Crippen molar-refractivity contribution in [2.75, 3.05) is 0 Å². The van der Waals surface area contributed by atoms with Gasteiger partial charge in [-0.1, -0.05) is 124 Å². The summed E-state index contributed by atoms with van der Waals surface area (Å²) in [5.41, 5.74) is 20.2. The van der Waals surface area contributed by atoms with Crippen LogP contribution in [0.15, 0.2) is 83.9 Å². The molecule has 220 valence electrons. The summed E-state index contributed by atoms with van der Waals surface area (Å²) >= 11 is 0. The zero-order valence-electron chi connectivity index (χ0n) is 27.6. The summed E-state index contributed by atoms with van der Waals surface area (Å²) < 4.78 is 0. The Hall–Kier alpha value is -3.64. The molecule has 0 saturated carbocycles. The van der Waals surface area contributed by atoms with Gasteiger partial charge in [0.1, 0.15) is 0 Å². The molecule has 0 heterocycles. The Morgan fingerprint density at radius 2 is 0.860 bits per heavy atom. The summed E-state index contributed by atoms with van der Waals surface area (Å²) in [5.74, 6) is 1.20. The van der Waals surface area contributed by atoms with Gasteiger partial charge in [-0.15, -0.1) is 0 Å². The van der Waals surface area contributed by atoms with Crippen molar-refractivity contribution in [1.82, 2.24) is 0 Å². The Kier molecular flexibility index (Phi) is 7.84. The maximum atomic E-state index is 2.62. The van der Waals surface area contributed by atoms with Crippen molar-refractivity contribution in [2.45, 2.75) is 81.1 Å². The third-order valence-corrected chi connectivity index (χ3v) is 10.0. The highest BCUT2D eigenvalue weighted by molar-refractivity contribution is 5.87. The van der Waals surface area contributed by atoms with E-state index in [0.29, 0.717) is 11.8 Å². The third kappa shape index (κ3) is 5.24. The SMILES string of the molecule is Cc1cccc(C)c1-c1cccc2c1C=C(C(CC(C)C)(CC(C)C)C1=Cc3c(cccc3-c3c(C)cccc3C)C1)C2. The van der Waals surface area contributed by atoms with Gasteiger partial charge in [-0.25, -0.2) is 0 Å². The van der Waals surface area contributed by atoms with Crippen LogP contribution < -0.4 is 0 Å². The van der Waals surface area contributed by atoms with E-state index in [-0.39, 0.29) is 5.41 Å². The fourth-order valence-electron chi connectivity index (χ4n) is 8.47. The number of aryl methyl sites for hydroxylation is 4. The summed E-state index contributed by atoms with van der Waals surface area (Å²) in [5, 5.41) is 0. The van der Waals surface area contributed by atoms with Gasteiger partial charge in [-0.2, -0.15) is 0 Å². The summed E-state index contributed by atoms with van der Waals surface area (Å²) in [6.45, 7) is 18.7. The second-order valence-electron chi connectivity index (χ2n) is 14.3. The molecule has 0 atom stereocenters. The Morgan fingerprint density at radius 1 is 0.512 bits per heavy atom. The molecule has 6 rings (SSSR count). The number of hydrogen-bond donors (Lipinski definition) is 0. The van der Waals surface area contributed by atoms with Gasteiger partial charge in [0, 0.05) is 5.41 Å². The predicted octanol–water partition coefficient (Wildman–Crippen LogP) is 11.9. The number of allylic oxidation sites excluding steroid dienone is 2. The predicted molar refractivity (Wildman–Crippen MR) is 187 cm³/mol. The molecule has 0 heteroatoms. The van der Waals surface area contributed by atoms with E-state index in [2.05, 4.69) is 140 Å². The molecule has 2 aliphatic rings. The van der Waals surface area contributed by atoms with E-state index in [9.17, 15) is 0 Å². The number of hydrogen-bond acceptors (Lipinski definition) is 0. The van der Waals surface area contributed by atoms with Crippen LogP contribution in [0.25, 0.3) is 34.4 Å². The first kappa shape index (κ1) is 29.4. The average Bonchev–Trinajstić information content (AvgIpc) is 3.58. The lowest BCUT2D eigenvalue weighted by atomic mass is 9.63.